The van der Waals surface area contributed by atoms with Crippen LogP contribution in [0.3, 0.4) is 0 Å². The third kappa shape index (κ3) is 16.4. The summed E-state index contributed by atoms with van der Waals surface area (Å²) in [5, 5.41) is 54.2. The van der Waals surface area contributed by atoms with Crippen molar-refractivity contribution >= 4 is 35.4 Å². The Kier molecular flexibility index (Phi) is 22.5. The average molecular weight is 892 g/mol. The highest BCUT2D eigenvalue weighted by molar-refractivity contribution is 5.97. The number of carbonyl (C=O) groups excluding carboxylic acids is 6. The number of nitrogens with zero attached hydrogens (tertiary/aromatic N) is 5. The lowest BCUT2D eigenvalue weighted by atomic mass is 10.00. The minimum Gasteiger partial charge on any atom is -0.425 e. The van der Waals surface area contributed by atoms with Gasteiger partial charge in [0.25, 0.3) is 40.7 Å². The topological polar surface area (TPSA) is 323 Å². The number of rotatable bonds is 8. The largest absolute Gasteiger partial charge is 0.425 e. The van der Waals surface area contributed by atoms with Gasteiger partial charge in [-0.15, -0.1) is 9.46 Å². The van der Waals surface area contributed by atoms with Crippen molar-refractivity contribution in [3.05, 3.63) is 67.5 Å². The van der Waals surface area contributed by atoms with E-state index in [1.165, 1.54) is 14.1 Å². The van der Waals surface area contributed by atoms with Gasteiger partial charge in [-0.2, -0.15) is 0 Å². The van der Waals surface area contributed by atoms with E-state index in [9.17, 15) is 54.0 Å². The number of amides is 6. The molecule has 4 bridgehead atoms. The van der Waals surface area contributed by atoms with Crippen LogP contribution in [0.15, 0.2) is 33.9 Å². The molecule has 352 valence electrons. The molecule has 11 N–H and O–H groups in total. The molecule has 5 rings (SSSR count). The van der Waals surface area contributed by atoms with Crippen molar-refractivity contribution in [1.82, 2.24) is 51.1 Å². The van der Waals surface area contributed by atoms with Gasteiger partial charge in [-0.3, -0.25) is 53.7 Å². The first-order valence-electron chi connectivity index (χ1n) is 20.9. The number of hydrogen-bond acceptors (Lipinski definition) is 15. The van der Waals surface area contributed by atoms with E-state index in [1.54, 1.807) is 13.8 Å². The first-order valence-corrected chi connectivity index (χ1v) is 20.9. The van der Waals surface area contributed by atoms with Gasteiger partial charge in [0.1, 0.15) is 22.5 Å². The van der Waals surface area contributed by atoms with E-state index >= 15 is 0 Å². The fourth-order valence-corrected chi connectivity index (χ4v) is 6.40. The number of hydroxylamine groups is 4. The molecule has 0 aliphatic carbocycles. The zero-order valence-electron chi connectivity index (χ0n) is 36.8. The highest BCUT2D eigenvalue weighted by Gasteiger charge is 2.36. The number of aromatic nitrogens is 2. The molecule has 0 aromatic carbocycles. The molecule has 2 aromatic heterocycles. The van der Waals surface area contributed by atoms with E-state index < -0.39 is 69.2 Å². The molecule has 5 heterocycles. The molecule has 3 aliphatic rings. The SMILES string of the molecule is CCCC(=O)N(C)O.CN(O)C(=O)C(C)(C)N1CCCCNCCCNC(=O)c2ccc(n(O)c2=O)C(=O)N[C@@H](CCCCN)CNC(=O)c2ccc(c(=O)n2O)C(=O)NCCC1. The van der Waals surface area contributed by atoms with E-state index in [0.717, 1.165) is 37.1 Å². The van der Waals surface area contributed by atoms with Crippen molar-refractivity contribution in [2.24, 2.45) is 5.73 Å². The highest BCUT2D eigenvalue weighted by atomic mass is 16.5. The zero-order chi connectivity index (χ0) is 47.3. The molecule has 0 radical (unpaired) electrons. The van der Waals surface area contributed by atoms with Crippen LogP contribution in [0.2, 0.25) is 0 Å². The van der Waals surface area contributed by atoms with Crippen LogP contribution in [0.4, 0.5) is 0 Å². The van der Waals surface area contributed by atoms with Crippen molar-refractivity contribution in [1.29, 1.82) is 0 Å². The number of likely N-dealkylation sites (N-methyl/N-ethyl adjacent to an activating group) is 1. The molecule has 0 saturated heterocycles. The summed E-state index contributed by atoms with van der Waals surface area (Å²) in [5.41, 5.74) is 0.506. The molecule has 0 unspecified atom stereocenters. The summed E-state index contributed by atoms with van der Waals surface area (Å²) in [6.07, 6.45) is 4.93. The summed E-state index contributed by atoms with van der Waals surface area (Å²) in [7, 11) is 2.58. The maximum absolute atomic E-state index is 13.2. The lowest BCUT2D eigenvalue weighted by Crippen LogP contribution is -2.55. The lowest BCUT2D eigenvalue weighted by Gasteiger charge is -2.38. The molecule has 0 fully saturated rings. The van der Waals surface area contributed by atoms with Crippen LogP contribution in [0, 0.1) is 0 Å². The predicted octanol–water partition coefficient (Wildman–Crippen LogP) is -0.673. The smallest absolute Gasteiger partial charge is 0.296 e. The van der Waals surface area contributed by atoms with Gasteiger partial charge in [-0.25, -0.2) is 10.1 Å². The number of nitrogens with one attached hydrogen (secondary N) is 5. The summed E-state index contributed by atoms with van der Waals surface area (Å²) in [6, 6.07) is 3.67. The molecule has 3 aliphatic heterocycles. The second-order valence-corrected chi connectivity index (χ2v) is 15.4. The maximum Gasteiger partial charge on any atom is 0.296 e. The molecule has 6 amide bonds. The standard InChI is InChI=1S/C35H54N10O10.C5H11NO2/c1-35(2,34(52)42(3)53)43-20-7-6-16-37-17-8-18-38-28(46)25-12-14-27(45(55)33(25)51)31(49)41-23(10-4-5-15-36)22-40-30(48)26-13-11-24(32(50)44(26)54)29(47)39-19-9-21-43;1-3-4-5(7)6(2)8/h11-14,23,37,53-55H,4-10,15-22,36H2,1-3H3,(H,38,46)(H,39,47)(H,40,48)(H,41,49);8H,3-4H2,1-2H3/t23-;/m0./s1. The van der Waals surface area contributed by atoms with Crippen LogP contribution in [0.5, 0.6) is 0 Å². The first-order chi connectivity index (χ1) is 29.8. The molecular weight excluding hydrogens is 827 g/mol. The molecule has 23 nitrogen and oxygen atoms in total. The van der Waals surface area contributed by atoms with Gasteiger partial charge in [-0.05, 0) is 109 Å². The van der Waals surface area contributed by atoms with Crippen LogP contribution < -0.4 is 43.4 Å². The molecular formula is C40H65N11O12. The Morgan fingerprint density at radius 2 is 1.27 bits per heavy atom. The van der Waals surface area contributed by atoms with Gasteiger partial charge < -0.3 is 42.7 Å². The van der Waals surface area contributed by atoms with Crippen LogP contribution in [0.1, 0.15) is 120 Å². The molecule has 0 saturated carbocycles. The van der Waals surface area contributed by atoms with E-state index in [2.05, 4.69) is 26.6 Å². The van der Waals surface area contributed by atoms with E-state index in [-0.39, 0.29) is 40.6 Å². The zero-order valence-corrected chi connectivity index (χ0v) is 36.8. The number of hydrogen-bond donors (Lipinski definition) is 10. The van der Waals surface area contributed by atoms with Crippen LogP contribution >= 0.6 is 0 Å². The van der Waals surface area contributed by atoms with Gasteiger partial charge in [0.2, 0.25) is 5.91 Å². The second kappa shape index (κ2) is 26.6. The number of carbonyl (C=O) groups is 6. The van der Waals surface area contributed by atoms with Crippen molar-refractivity contribution in [3.63, 3.8) is 0 Å². The Hall–Kier alpha value is -5.88. The van der Waals surface area contributed by atoms with Crippen molar-refractivity contribution in [3.8, 4) is 0 Å². The highest BCUT2D eigenvalue weighted by Crippen LogP contribution is 2.18. The molecule has 0 spiro atoms. The Bertz CT molecular complexity index is 1980. The van der Waals surface area contributed by atoms with Crippen molar-refractivity contribution < 1.29 is 49.6 Å². The van der Waals surface area contributed by atoms with Crippen molar-refractivity contribution in [2.45, 2.75) is 90.1 Å². The number of nitrogens with two attached hydrogens (primary N) is 1. The third-order valence-electron chi connectivity index (χ3n) is 10.1. The fraction of sp³-hybridized carbons (Fsp3) is 0.600. The fourth-order valence-electron chi connectivity index (χ4n) is 6.40. The normalized spacial score (nSPS) is 17.0. The van der Waals surface area contributed by atoms with Gasteiger partial charge >= 0.3 is 0 Å². The lowest BCUT2D eigenvalue weighted by molar-refractivity contribution is -0.171. The summed E-state index contributed by atoms with van der Waals surface area (Å²) in [6.45, 7) is 7.74. The Labute approximate surface area is 365 Å². The van der Waals surface area contributed by atoms with Gasteiger partial charge in [0, 0.05) is 52.7 Å². The Morgan fingerprint density at radius 3 is 1.79 bits per heavy atom. The molecule has 1 atom stereocenters. The van der Waals surface area contributed by atoms with Gasteiger partial charge in [-0.1, -0.05) is 13.3 Å². The minimum absolute atomic E-state index is 0.0452. The minimum atomic E-state index is -1.15. The van der Waals surface area contributed by atoms with Gasteiger partial charge in [0.05, 0.1) is 5.54 Å². The monoisotopic (exact) mass is 891 g/mol. The van der Waals surface area contributed by atoms with Crippen LogP contribution in [0.25, 0.3) is 0 Å². The van der Waals surface area contributed by atoms with Crippen LogP contribution in [-0.2, 0) is 9.59 Å². The Morgan fingerprint density at radius 1 is 0.730 bits per heavy atom. The van der Waals surface area contributed by atoms with E-state index in [1.807, 2.05) is 11.8 Å². The number of unbranched alkanes of at least 4 members (excludes halogenated alkanes) is 1. The summed E-state index contributed by atoms with van der Waals surface area (Å²) in [5.74, 6) is -4.06. The summed E-state index contributed by atoms with van der Waals surface area (Å²) in [4.78, 5) is 103. The maximum atomic E-state index is 13.2. The second-order valence-electron chi connectivity index (χ2n) is 15.4. The van der Waals surface area contributed by atoms with Crippen molar-refractivity contribution in [2.75, 3.05) is 66.5 Å². The predicted molar refractivity (Wildman–Crippen MR) is 228 cm³/mol. The molecule has 63 heavy (non-hydrogen) atoms. The molecule has 23 heteroatoms. The quantitative estimate of drug-likeness (QED) is 0.0680. The Balaban J connectivity index is 0.00000155. The third-order valence-corrected chi connectivity index (χ3v) is 10.1. The average Bonchev–Trinajstić information content (AvgIpc) is 3.23. The number of pyridine rings is 2. The van der Waals surface area contributed by atoms with E-state index in [4.69, 9.17) is 10.9 Å². The number of fused-ring (bicyclic) bond motifs is 2. The van der Waals surface area contributed by atoms with Gasteiger partial charge in [0.15, 0.2) is 0 Å². The molecule has 2 aromatic rings. The van der Waals surface area contributed by atoms with Crippen LogP contribution in [-0.4, -0.2) is 159 Å². The first kappa shape index (κ1) is 53.3. The summed E-state index contributed by atoms with van der Waals surface area (Å²) < 4.78 is 0.117. The summed E-state index contributed by atoms with van der Waals surface area (Å²) >= 11 is 0. The van der Waals surface area contributed by atoms with E-state index in [0.29, 0.717) is 87.8 Å².